The van der Waals surface area contributed by atoms with Crippen molar-refractivity contribution in [3.63, 3.8) is 0 Å². The summed E-state index contributed by atoms with van der Waals surface area (Å²) in [6.07, 6.45) is 1.19. The first-order valence-electron chi connectivity index (χ1n) is 6.77. The third-order valence-electron chi connectivity index (χ3n) is 3.96. The molecule has 2 unspecified atom stereocenters. The van der Waals surface area contributed by atoms with Gasteiger partial charge in [0.05, 0.1) is 7.11 Å². The molecular weight excluding hydrogens is 224 g/mol. The fourth-order valence-electron chi connectivity index (χ4n) is 3.00. The molecule has 0 aliphatic carbocycles. The highest BCUT2D eigenvalue weighted by atomic mass is 16.5. The summed E-state index contributed by atoms with van der Waals surface area (Å²) in [4.78, 5) is 2.55. The van der Waals surface area contributed by atoms with Crippen LogP contribution in [-0.2, 0) is 0 Å². The average Bonchev–Trinajstić information content (AvgIpc) is 2.82. The zero-order valence-electron chi connectivity index (χ0n) is 11.6. The Bertz CT molecular complexity index is 392. The van der Waals surface area contributed by atoms with Gasteiger partial charge in [0.1, 0.15) is 5.75 Å². The van der Waals surface area contributed by atoms with Gasteiger partial charge in [0, 0.05) is 12.1 Å². The second kappa shape index (κ2) is 5.72. The summed E-state index contributed by atoms with van der Waals surface area (Å²) in [5, 5.41) is 0. The summed E-state index contributed by atoms with van der Waals surface area (Å²) in [5.41, 5.74) is 7.27. The molecule has 0 aromatic heterocycles. The molecule has 0 amide bonds. The number of rotatable bonds is 4. The van der Waals surface area contributed by atoms with Crippen molar-refractivity contribution < 1.29 is 4.74 Å². The average molecular weight is 248 g/mol. The highest BCUT2D eigenvalue weighted by Crippen LogP contribution is 2.38. The van der Waals surface area contributed by atoms with Gasteiger partial charge in [0.2, 0.25) is 0 Å². The minimum absolute atomic E-state index is 0.435. The maximum atomic E-state index is 5.94. The van der Waals surface area contributed by atoms with Crippen LogP contribution in [0.3, 0.4) is 0 Å². The van der Waals surface area contributed by atoms with Crippen molar-refractivity contribution in [2.75, 3.05) is 20.2 Å². The topological polar surface area (TPSA) is 38.5 Å². The van der Waals surface area contributed by atoms with Crippen LogP contribution in [0.1, 0.15) is 31.9 Å². The van der Waals surface area contributed by atoms with E-state index >= 15 is 0 Å². The number of methoxy groups -OCH3 is 1. The van der Waals surface area contributed by atoms with Crippen molar-refractivity contribution in [1.29, 1.82) is 0 Å². The number of benzene rings is 1. The number of nitrogens with zero attached hydrogens (tertiary/aromatic N) is 1. The van der Waals surface area contributed by atoms with Crippen LogP contribution in [0.2, 0.25) is 0 Å². The summed E-state index contributed by atoms with van der Waals surface area (Å²) in [6.45, 7) is 6.41. The van der Waals surface area contributed by atoms with E-state index < -0.39 is 0 Å². The lowest BCUT2D eigenvalue weighted by Gasteiger charge is -2.31. The van der Waals surface area contributed by atoms with Crippen LogP contribution in [0.25, 0.3) is 0 Å². The highest BCUT2D eigenvalue weighted by molar-refractivity contribution is 5.31. The van der Waals surface area contributed by atoms with Gasteiger partial charge in [-0.05, 0) is 57.0 Å². The predicted octanol–water partition coefficient (Wildman–Crippen LogP) is 2.43. The van der Waals surface area contributed by atoms with Gasteiger partial charge in [-0.25, -0.2) is 0 Å². The fourth-order valence-corrected chi connectivity index (χ4v) is 3.00. The Morgan fingerprint density at radius 1 is 1.44 bits per heavy atom. The van der Waals surface area contributed by atoms with E-state index in [1.54, 1.807) is 7.11 Å². The van der Waals surface area contributed by atoms with E-state index in [9.17, 15) is 0 Å². The maximum Gasteiger partial charge on any atom is 0.119 e. The van der Waals surface area contributed by atoms with Crippen molar-refractivity contribution >= 4 is 0 Å². The SMILES string of the molecule is COc1cccc(C2C(CN)CCN2C(C)C)c1. The molecule has 1 aromatic carbocycles. The molecule has 1 saturated heterocycles. The summed E-state index contributed by atoms with van der Waals surface area (Å²) in [5.74, 6) is 1.48. The first-order valence-corrected chi connectivity index (χ1v) is 6.77. The molecule has 1 aliphatic rings. The second-order valence-corrected chi connectivity index (χ2v) is 5.34. The molecule has 0 bridgehead atoms. The molecule has 3 nitrogen and oxygen atoms in total. The normalized spacial score (nSPS) is 24.7. The van der Waals surface area contributed by atoms with Crippen molar-refractivity contribution in [2.24, 2.45) is 11.7 Å². The lowest BCUT2D eigenvalue weighted by molar-refractivity contribution is 0.184. The van der Waals surface area contributed by atoms with Crippen LogP contribution in [-0.4, -0.2) is 31.1 Å². The molecule has 3 heteroatoms. The Morgan fingerprint density at radius 3 is 2.83 bits per heavy atom. The monoisotopic (exact) mass is 248 g/mol. The van der Waals surface area contributed by atoms with Crippen LogP contribution < -0.4 is 10.5 Å². The fraction of sp³-hybridized carbons (Fsp3) is 0.600. The Labute approximate surface area is 110 Å². The zero-order valence-corrected chi connectivity index (χ0v) is 11.6. The van der Waals surface area contributed by atoms with Gasteiger partial charge >= 0.3 is 0 Å². The smallest absolute Gasteiger partial charge is 0.119 e. The van der Waals surface area contributed by atoms with E-state index in [0.717, 1.165) is 18.8 Å². The van der Waals surface area contributed by atoms with Gasteiger partial charge in [0.25, 0.3) is 0 Å². The quantitative estimate of drug-likeness (QED) is 0.889. The van der Waals surface area contributed by atoms with Crippen LogP contribution in [0.15, 0.2) is 24.3 Å². The second-order valence-electron chi connectivity index (χ2n) is 5.34. The number of hydrogen-bond donors (Lipinski definition) is 1. The molecule has 0 saturated carbocycles. The number of ether oxygens (including phenoxy) is 1. The van der Waals surface area contributed by atoms with Gasteiger partial charge in [-0.2, -0.15) is 0 Å². The van der Waals surface area contributed by atoms with Gasteiger partial charge < -0.3 is 10.5 Å². The van der Waals surface area contributed by atoms with E-state index in [1.165, 1.54) is 12.0 Å². The molecule has 1 fully saturated rings. The highest BCUT2D eigenvalue weighted by Gasteiger charge is 2.35. The maximum absolute atomic E-state index is 5.94. The van der Waals surface area contributed by atoms with Crippen LogP contribution in [0.4, 0.5) is 0 Å². The van der Waals surface area contributed by atoms with Crippen LogP contribution in [0, 0.1) is 5.92 Å². The van der Waals surface area contributed by atoms with Gasteiger partial charge in [-0.15, -0.1) is 0 Å². The zero-order chi connectivity index (χ0) is 13.1. The summed E-state index contributed by atoms with van der Waals surface area (Å²) in [7, 11) is 1.72. The third-order valence-corrected chi connectivity index (χ3v) is 3.96. The van der Waals surface area contributed by atoms with E-state index in [2.05, 4.69) is 36.9 Å². The third kappa shape index (κ3) is 2.52. The Morgan fingerprint density at radius 2 is 2.22 bits per heavy atom. The van der Waals surface area contributed by atoms with Crippen molar-refractivity contribution in [2.45, 2.75) is 32.4 Å². The van der Waals surface area contributed by atoms with E-state index in [-0.39, 0.29) is 0 Å². The molecule has 18 heavy (non-hydrogen) atoms. The molecular formula is C15H24N2O. The van der Waals surface area contributed by atoms with Crippen LogP contribution in [0.5, 0.6) is 5.75 Å². The van der Waals surface area contributed by atoms with Gasteiger partial charge in [-0.1, -0.05) is 12.1 Å². The molecule has 0 radical (unpaired) electrons. The minimum Gasteiger partial charge on any atom is -0.497 e. The lowest BCUT2D eigenvalue weighted by atomic mass is 9.93. The lowest BCUT2D eigenvalue weighted by Crippen LogP contribution is -2.33. The Kier molecular flexibility index (Phi) is 4.25. The molecule has 1 aromatic rings. The first kappa shape index (κ1) is 13.4. The number of nitrogens with two attached hydrogens (primary N) is 1. The Balaban J connectivity index is 2.31. The molecule has 2 rings (SSSR count). The summed E-state index contributed by atoms with van der Waals surface area (Å²) >= 11 is 0. The molecule has 2 N–H and O–H groups in total. The van der Waals surface area contributed by atoms with Crippen molar-refractivity contribution in [3.8, 4) is 5.75 Å². The van der Waals surface area contributed by atoms with Crippen molar-refractivity contribution in [1.82, 2.24) is 4.90 Å². The van der Waals surface area contributed by atoms with E-state index in [1.807, 2.05) is 6.07 Å². The molecule has 0 spiro atoms. The molecule has 2 atom stereocenters. The van der Waals surface area contributed by atoms with E-state index in [0.29, 0.717) is 18.0 Å². The first-order chi connectivity index (χ1) is 8.67. The standard InChI is InChI=1S/C15H24N2O/c1-11(2)17-8-7-13(10-16)15(17)12-5-4-6-14(9-12)18-3/h4-6,9,11,13,15H,7-8,10,16H2,1-3H3. The summed E-state index contributed by atoms with van der Waals surface area (Å²) in [6, 6.07) is 9.39. The largest absolute Gasteiger partial charge is 0.497 e. The van der Waals surface area contributed by atoms with E-state index in [4.69, 9.17) is 10.5 Å². The number of hydrogen-bond acceptors (Lipinski definition) is 3. The Hall–Kier alpha value is -1.06. The van der Waals surface area contributed by atoms with Crippen molar-refractivity contribution in [3.05, 3.63) is 29.8 Å². The van der Waals surface area contributed by atoms with Gasteiger partial charge in [-0.3, -0.25) is 4.90 Å². The molecule has 100 valence electrons. The predicted molar refractivity (Wildman–Crippen MR) is 74.7 cm³/mol. The molecule has 1 aliphatic heterocycles. The van der Waals surface area contributed by atoms with Crippen LogP contribution >= 0.6 is 0 Å². The number of likely N-dealkylation sites (tertiary alicyclic amines) is 1. The minimum atomic E-state index is 0.435. The molecule has 1 heterocycles. The summed E-state index contributed by atoms with van der Waals surface area (Å²) < 4.78 is 5.33. The van der Waals surface area contributed by atoms with Gasteiger partial charge in [0.15, 0.2) is 0 Å².